The summed E-state index contributed by atoms with van der Waals surface area (Å²) in [7, 11) is 0. The summed E-state index contributed by atoms with van der Waals surface area (Å²) in [5.41, 5.74) is 5.85. The summed E-state index contributed by atoms with van der Waals surface area (Å²) >= 11 is 8.62. The molecule has 0 aliphatic heterocycles. The summed E-state index contributed by atoms with van der Waals surface area (Å²) in [4.78, 5) is 13.4. The number of carboxylic acid groups (broad SMARTS) is 1. The number of rotatable bonds is 12. The molecule has 234 valence electrons. The van der Waals surface area contributed by atoms with E-state index in [9.17, 15) is 9.90 Å². The molecule has 47 heavy (non-hydrogen) atoms. The van der Waals surface area contributed by atoms with Crippen LogP contribution in [0, 0.1) is 6.92 Å². The average Bonchev–Trinajstić information content (AvgIpc) is 3.12. The number of hydrogen-bond donors (Lipinski definition) is 2. The highest BCUT2D eigenvalue weighted by atomic mass is 35.5. The first kappa shape index (κ1) is 32.3. The van der Waals surface area contributed by atoms with E-state index in [0.717, 1.165) is 38.9 Å². The van der Waals surface area contributed by atoms with Crippen LogP contribution in [0.2, 0.25) is 5.02 Å². The highest BCUT2D eigenvalue weighted by Gasteiger charge is 2.43. The fraction of sp³-hybridized carbons (Fsp3) is 0.119. The summed E-state index contributed by atoms with van der Waals surface area (Å²) in [6.45, 7) is 2.05. The second kappa shape index (κ2) is 14.4. The molecule has 0 aliphatic rings. The van der Waals surface area contributed by atoms with Gasteiger partial charge in [0.05, 0.1) is 10.3 Å². The minimum atomic E-state index is -1.06. The Bertz CT molecular complexity index is 1810. The molecule has 0 radical (unpaired) electrons. The van der Waals surface area contributed by atoms with Gasteiger partial charge < -0.3 is 5.11 Å². The van der Waals surface area contributed by atoms with Crippen molar-refractivity contribution in [3.05, 3.63) is 214 Å². The van der Waals surface area contributed by atoms with Crippen molar-refractivity contribution >= 4 is 29.3 Å². The quantitative estimate of drug-likeness (QED) is 0.129. The van der Waals surface area contributed by atoms with Crippen molar-refractivity contribution in [1.82, 2.24) is 5.32 Å². The maximum absolute atomic E-state index is 13.4. The van der Waals surface area contributed by atoms with Crippen molar-refractivity contribution in [3.63, 3.8) is 0 Å². The molecule has 0 amide bonds. The summed E-state index contributed by atoms with van der Waals surface area (Å²) in [5, 5.41) is 15.2. The van der Waals surface area contributed by atoms with Gasteiger partial charge in [-0.1, -0.05) is 181 Å². The second-order valence-electron chi connectivity index (χ2n) is 11.6. The molecule has 6 rings (SSSR count). The number of halogens is 1. The number of aryl methyl sites for hydroxylation is 1. The Hall–Kier alpha value is -4.61. The largest absolute Gasteiger partial charge is 0.480 e. The molecule has 0 bridgehead atoms. The zero-order chi connectivity index (χ0) is 32.7. The Morgan fingerprint density at radius 1 is 0.617 bits per heavy atom. The molecule has 0 fully saturated rings. The lowest BCUT2D eigenvalue weighted by molar-refractivity contribution is -0.139. The normalized spacial score (nSPS) is 13.4. The minimum absolute atomic E-state index is 0.249. The van der Waals surface area contributed by atoms with Gasteiger partial charge in [-0.3, -0.25) is 10.1 Å². The number of carboxylic acids is 1. The number of thioether (sulfide) groups is 1. The third kappa shape index (κ3) is 6.50. The van der Waals surface area contributed by atoms with Crippen molar-refractivity contribution in [3.8, 4) is 0 Å². The SMILES string of the molecule is Cc1ccc(C(N[C@@H](CSC(c2ccccc2)(c2ccccc2)c2ccccc2)C(=O)O)(c2ccccc2)c2ccccc2Cl)cc1. The predicted octanol–water partition coefficient (Wildman–Crippen LogP) is 9.71. The van der Waals surface area contributed by atoms with Crippen molar-refractivity contribution in [2.24, 2.45) is 0 Å². The van der Waals surface area contributed by atoms with Gasteiger partial charge in [-0.25, -0.2) is 0 Å². The highest BCUT2D eigenvalue weighted by Crippen LogP contribution is 2.49. The van der Waals surface area contributed by atoms with Crippen molar-refractivity contribution in [2.75, 3.05) is 5.75 Å². The Morgan fingerprint density at radius 2 is 1.02 bits per heavy atom. The maximum atomic E-state index is 13.4. The van der Waals surface area contributed by atoms with E-state index in [1.807, 2.05) is 116 Å². The predicted molar refractivity (Wildman–Crippen MR) is 195 cm³/mol. The molecule has 6 aromatic carbocycles. The molecule has 0 spiro atoms. The third-order valence-electron chi connectivity index (χ3n) is 8.67. The van der Waals surface area contributed by atoms with Gasteiger partial charge in [-0.2, -0.15) is 0 Å². The van der Waals surface area contributed by atoms with Gasteiger partial charge in [0.2, 0.25) is 0 Å². The first-order chi connectivity index (χ1) is 22.9. The third-order valence-corrected chi connectivity index (χ3v) is 10.6. The molecule has 6 aromatic rings. The van der Waals surface area contributed by atoms with Crippen molar-refractivity contribution < 1.29 is 9.90 Å². The number of hydrogen-bond acceptors (Lipinski definition) is 3. The van der Waals surface area contributed by atoms with E-state index in [1.165, 1.54) is 0 Å². The number of aliphatic carboxylic acids is 1. The topological polar surface area (TPSA) is 49.3 Å². The molecule has 1 unspecified atom stereocenters. The van der Waals surface area contributed by atoms with Crippen molar-refractivity contribution in [2.45, 2.75) is 23.3 Å². The Balaban J connectivity index is 1.52. The molecular formula is C42H36ClNO2S. The Kier molecular flexibility index (Phi) is 9.93. The molecule has 0 aliphatic carbocycles. The first-order valence-electron chi connectivity index (χ1n) is 15.6. The van der Waals surface area contributed by atoms with Gasteiger partial charge in [0, 0.05) is 10.8 Å². The van der Waals surface area contributed by atoms with Gasteiger partial charge in [-0.15, -0.1) is 11.8 Å². The number of benzene rings is 6. The zero-order valence-electron chi connectivity index (χ0n) is 26.1. The van der Waals surface area contributed by atoms with Gasteiger partial charge in [0.1, 0.15) is 6.04 Å². The minimum Gasteiger partial charge on any atom is -0.480 e. The van der Waals surface area contributed by atoms with Crippen LogP contribution in [0.5, 0.6) is 0 Å². The number of nitrogens with one attached hydrogen (secondary N) is 1. The van der Waals surface area contributed by atoms with Crippen LogP contribution in [0.25, 0.3) is 0 Å². The standard InChI is InChI=1S/C42H36ClNO2S/c1-31-26-28-33(29-27-31)41(32-16-6-2-7-17-32,37-24-14-15-25-38(37)43)44-39(40(45)46)30-47-42(34-18-8-3-9-19-34,35-20-10-4-11-21-35)36-22-12-5-13-23-36/h2-29,39,44H,30H2,1H3,(H,45,46)/t39-,41?/m0/s1. The van der Waals surface area contributed by atoms with Crippen molar-refractivity contribution in [1.29, 1.82) is 0 Å². The van der Waals surface area contributed by atoms with Gasteiger partial charge >= 0.3 is 5.97 Å². The maximum Gasteiger partial charge on any atom is 0.321 e. The molecule has 0 heterocycles. The average molecular weight is 654 g/mol. The van der Waals surface area contributed by atoms with Crippen LogP contribution in [0.15, 0.2) is 170 Å². The fourth-order valence-corrected chi connectivity index (χ4v) is 8.22. The van der Waals surface area contributed by atoms with Gasteiger partial charge in [0.25, 0.3) is 0 Å². The molecule has 3 nitrogen and oxygen atoms in total. The summed E-state index contributed by atoms with van der Waals surface area (Å²) < 4.78 is -0.678. The van der Waals surface area contributed by atoms with Crippen LogP contribution in [0.4, 0.5) is 0 Å². The molecule has 2 atom stereocenters. The van der Waals surface area contributed by atoms with Crippen LogP contribution in [0.3, 0.4) is 0 Å². The first-order valence-corrected chi connectivity index (χ1v) is 17.0. The van der Waals surface area contributed by atoms with E-state index in [1.54, 1.807) is 11.8 Å². The van der Waals surface area contributed by atoms with Gasteiger partial charge in [-0.05, 0) is 46.4 Å². The molecular weight excluding hydrogens is 618 g/mol. The Labute approximate surface area is 286 Å². The fourth-order valence-electron chi connectivity index (χ4n) is 6.39. The van der Waals surface area contributed by atoms with E-state index in [2.05, 4.69) is 66.0 Å². The molecule has 0 saturated heterocycles. The summed E-state index contributed by atoms with van der Waals surface area (Å²) in [6.07, 6.45) is 0. The lowest BCUT2D eigenvalue weighted by Crippen LogP contribution is -2.54. The molecule has 2 N–H and O–H groups in total. The van der Waals surface area contributed by atoms with E-state index < -0.39 is 22.3 Å². The van der Waals surface area contributed by atoms with Crippen LogP contribution < -0.4 is 5.32 Å². The zero-order valence-corrected chi connectivity index (χ0v) is 27.7. The lowest BCUT2D eigenvalue weighted by atomic mass is 9.76. The summed E-state index contributed by atoms with van der Waals surface area (Å²) in [6, 6.07) is 56.0. The van der Waals surface area contributed by atoms with Crippen LogP contribution in [-0.2, 0) is 15.1 Å². The van der Waals surface area contributed by atoms with Gasteiger partial charge in [0.15, 0.2) is 0 Å². The number of carbonyl (C=O) groups is 1. The van der Waals surface area contributed by atoms with E-state index in [4.69, 9.17) is 11.6 Å². The second-order valence-corrected chi connectivity index (χ2v) is 13.2. The van der Waals surface area contributed by atoms with E-state index in [0.29, 0.717) is 5.02 Å². The monoisotopic (exact) mass is 653 g/mol. The van der Waals surface area contributed by atoms with E-state index >= 15 is 0 Å². The highest BCUT2D eigenvalue weighted by molar-refractivity contribution is 8.00. The molecule has 0 saturated carbocycles. The lowest BCUT2D eigenvalue weighted by Gasteiger charge is -2.41. The van der Waals surface area contributed by atoms with E-state index in [-0.39, 0.29) is 5.75 Å². The van der Waals surface area contributed by atoms with Crippen LogP contribution >= 0.6 is 23.4 Å². The molecule has 5 heteroatoms. The van der Waals surface area contributed by atoms with Crippen LogP contribution in [0.1, 0.15) is 38.9 Å². The van der Waals surface area contributed by atoms with Crippen LogP contribution in [-0.4, -0.2) is 22.9 Å². The Morgan fingerprint density at radius 3 is 1.47 bits per heavy atom. The smallest absolute Gasteiger partial charge is 0.321 e. The molecule has 0 aromatic heterocycles. The summed E-state index contributed by atoms with van der Waals surface area (Å²) in [5.74, 6) is -0.695.